The molecule has 3 aliphatic rings. The summed E-state index contributed by atoms with van der Waals surface area (Å²) < 4.78 is 32.9. The van der Waals surface area contributed by atoms with Crippen molar-refractivity contribution in [3.8, 4) is 0 Å². The molecule has 2 aliphatic heterocycles. The number of aryl methyl sites for hydroxylation is 1. The highest BCUT2D eigenvalue weighted by Gasteiger charge is 2.58. The van der Waals surface area contributed by atoms with E-state index in [9.17, 15) is 28.0 Å². The number of imide groups is 1. The second kappa shape index (κ2) is 9.13. The number of benzene rings is 2. The Hall–Kier alpha value is -4.02. The van der Waals surface area contributed by atoms with Gasteiger partial charge in [0.2, 0.25) is 11.5 Å². The van der Waals surface area contributed by atoms with Crippen molar-refractivity contribution in [2.75, 3.05) is 18.9 Å². The third-order valence-corrected chi connectivity index (χ3v) is 7.42. The quantitative estimate of drug-likeness (QED) is 0.651. The summed E-state index contributed by atoms with van der Waals surface area (Å²) in [5.74, 6) is -3.08. The minimum Gasteiger partial charge on any atom is -0.427 e. The van der Waals surface area contributed by atoms with Crippen molar-refractivity contribution in [3.05, 3.63) is 64.7 Å². The van der Waals surface area contributed by atoms with E-state index in [2.05, 4.69) is 10.6 Å². The van der Waals surface area contributed by atoms with Crippen molar-refractivity contribution in [1.82, 2.24) is 15.1 Å². The molecule has 3 atom stereocenters. The molecule has 2 aromatic rings. The molecule has 37 heavy (non-hydrogen) atoms. The van der Waals surface area contributed by atoms with Gasteiger partial charge in [-0.3, -0.25) is 9.59 Å². The summed E-state index contributed by atoms with van der Waals surface area (Å²) in [7, 11) is 1.49. The Kier molecular flexibility index (Phi) is 6.09. The van der Waals surface area contributed by atoms with Gasteiger partial charge in [0.25, 0.3) is 5.91 Å². The third kappa shape index (κ3) is 4.08. The van der Waals surface area contributed by atoms with Crippen LogP contribution in [0.2, 0.25) is 0 Å². The van der Waals surface area contributed by atoms with Gasteiger partial charge in [-0.15, -0.1) is 0 Å². The molecule has 9 nitrogen and oxygen atoms in total. The van der Waals surface area contributed by atoms with Crippen LogP contribution >= 0.6 is 0 Å². The first-order chi connectivity index (χ1) is 17.6. The number of halogens is 2. The van der Waals surface area contributed by atoms with Gasteiger partial charge in [0.05, 0.1) is 6.04 Å². The highest BCUT2D eigenvalue weighted by Crippen LogP contribution is 2.46. The normalized spacial score (nSPS) is 24.4. The van der Waals surface area contributed by atoms with Crippen LogP contribution in [0.5, 0.6) is 0 Å². The molecule has 0 aromatic heterocycles. The van der Waals surface area contributed by atoms with Crippen LogP contribution in [-0.2, 0) is 26.3 Å². The standard InChI is InChI=1S/C26H26F2N4O5/c1-14-3-8-21(16-4-7-19(27)20(28)12-16)32(14)22(33)13-31-23(34)26(37-25(31)36)10-9-15-11-17(5-6-18(15)26)30-24(35)29-2/h4-7,11-12,14,21H,3,8-10,13H2,1-2H3,(H2,29,30,35)/t14-,21+,26+/m0/s1. The highest BCUT2D eigenvalue weighted by atomic mass is 19.2. The lowest BCUT2D eigenvalue weighted by Crippen LogP contribution is -2.46. The number of hydrogen-bond donors (Lipinski definition) is 2. The molecule has 2 heterocycles. The lowest BCUT2D eigenvalue weighted by molar-refractivity contribution is -0.143. The molecule has 0 radical (unpaired) electrons. The molecule has 1 aliphatic carbocycles. The number of carbonyl (C=O) groups is 4. The number of carbonyl (C=O) groups excluding carboxylic acids is 4. The minimum absolute atomic E-state index is 0.216. The van der Waals surface area contributed by atoms with Gasteiger partial charge in [-0.1, -0.05) is 12.1 Å². The largest absolute Gasteiger partial charge is 0.427 e. The Bertz CT molecular complexity index is 1320. The molecule has 5 amide bonds. The molecule has 2 aromatic carbocycles. The molecule has 194 valence electrons. The number of fused-ring (bicyclic) bond motifs is 2. The molecule has 2 fully saturated rings. The van der Waals surface area contributed by atoms with E-state index in [1.54, 1.807) is 18.2 Å². The number of hydrogen-bond acceptors (Lipinski definition) is 5. The molecular weight excluding hydrogens is 486 g/mol. The molecule has 1 spiro atoms. The Morgan fingerprint density at radius 1 is 1.11 bits per heavy atom. The van der Waals surface area contributed by atoms with Gasteiger partial charge in [0.1, 0.15) is 6.54 Å². The molecule has 0 bridgehead atoms. The van der Waals surface area contributed by atoms with Gasteiger partial charge in [0, 0.05) is 30.8 Å². The van der Waals surface area contributed by atoms with E-state index in [0.717, 1.165) is 22.6 Å². The Balaban J connectivity index is 1.36. The van der Waals surface area contributed by atoms with Gasteiger partial charge in [-0.05, 0) is 61.6 Å². The maximum Gasteiger partial charge on any atom is 0.418 e. The fraction of sp³-hybridized carbons (Fsp3) is 0.385. The van der Waals surface area contributed by atoms with Gasteiger partial charge < -0.3 is 20.3 Å². The van der Waals surface area contributed by atoms with E-state index in [1.165, 1.54) is 18.0 Å². The number of amides is 5. The number of urea groups is 1. The average molecular weight is 513 g/mol. The molecule has 11 heteroatoms. The summed E-state index contributed by atoms with van der Waals surface area (Å²) >= 11 is 0. The summed E-state index contributed by atoms with van der Waals surface area (Å²) in [5.41, 5.74) is 0.751. The maximum atomic E-state index is 13.9. The number of likely N-dealkylation sites (tertiary alicyclic amines) is 1. The minimum atomic E-state index is -1.52. The Labute approximate surface area is 211 Å². The fourth-order valence-electron chi connectivity index (χ4n) is 5.59. The maximum absolute atomic E-state index is 13.9. The lowest BCUT2D eigenvalue weighted by Gasteiger charge is -2.30. The van der Waals surface area contributed by atoms with Crippen LogP contribution in [0.3, 0.4) is 0 Å². The molecule has 2 N–H and O–H groups in total. The topological polar surface area (TPSA) is 108 Å². The predicted molar refractivity (Wildman–Crippen MR) is 127 cm³/mol. The molecule has 5 rings (SSSR count). The van der Waals surface area contributed by atoms with Crippen LogP contribution in [0.4, 0.5) is 24.1 Å². The van der Waals surface area contributed by atoms with Gasteiger partial charge >= 0.3 is 12.1 Å². The van der Waals surface area contributed by atoms with Crippen LogP contribution < -0.4 is 10.6 Å². The molecule has 2 saturated heterocycles. The number of nitrogens with one attached hydrogen (secondary N) is 2. The number of nitrogens with zero attached hydrogens (tertiary/aromatic N) is 2. The van der Waals surface area contributed by atoms with Gasteiger partial charge in [-0.25, -0.2) is 23.3 Å². The average Bonchev–Trinajstić information content (AvgIpc) is 3.51. The molecular formula is C26H26F2N4O5. The second-order valence-electron chi connectivity index (χ2n) is 9.58. The van der Waals surface area contributed by atoms with E-state index in [-0.39, 0.29) is 12.5 Å². The second-order valence-corrected chi connectivity index (χ2v) is 9.58. The van der Waals surface area contributed by atoms with Gasteiger partial charge in [0.15, 0.2) is 11.6 Å². The van der Waals surface area contributed by atoms with E-state index < -0.39 is 53.8 Å². The van der Waals surface area contributed by atoms with Crippen LogP contribution in [0.15, 0.2) is 36.4 Å². The fourth-order valence-corrected chi connectivity index (χ4v) is 5.59. The van der Waals surface area contributed by atoms with Crippen molar-refractivity contribution >= 4 is 29.6 Å². The van der Waals surface area contributed by atoms with Crippen LogP contribution in [0.25, 0.3) is 0 Å². The summed E-state index contributed by atoms with van der Waals surface area (Å²) in [4.78, 5) is 53.7. The zero-order valence-corrected chi connectivity index (χ0v) is 20.3. The molecule has 0 unspecified atom stereocenters. The van der Waals surface area contributed by atoms with Crippen molar-refractivity contribution in [2.24, 2.45) is 0 Å². The zero-order chi connectivity index (χ0) is 26.5. The van der Waals surface area contributed by atoms with Crippen molar-refractivity contribution in [3.63, 3.8) is 0 Å². The third-order valence-electron chi connectivity index (χ3n) is 7.42. The first-order valence-corrected chi connectivity index (χ1v) is 12.1. The van der Waals surface area contributed by atoms with Crippen molar-refractivity contribution in [2.45, 2.75) is 50.3 Å². The summed E-state index contributed by atoms with van der Waals surface area (Å²) in [5, 5.41) is 5.13. The van der Waals surface area contributed by atoms with Crippen LogP contribution in [0, 0.1) is 11.6 Å². The van der Waals surface area contributed by atoms with E-state index in [0.29, 0.717) is 36.1 Å². The number of ether oxygens (including phenoxy) is 1. The predicted octanol–water partition coefficient (Wildman–Crippen LogP) is 3.59. The first-order valence-electron chi connectivity index (χ1n) is 12.1. The SMILES string of the molecule is CNC(=O)Nc1ccc2c(c1)CC[C@@]21OC(=O)N(CC(=O)N2[C@@H](c3ccc(F)c(F)c3)CC[C@@H]2C)C1=O. The van der Waals surface area contributed by atoms with Crippen LogP contribution in [0.1, 0.15) is 48.9 Å². The monoisotopic (exact) mass is 512 g/mol. The van der Waals surface area contributed by atoms with Crippen molar-refractivity contribution in [1.29, 1.82) is 0 Å². The van der Waals surface area contributed by atoms with Gasteiger partial charge in [-0.2, -0.15) is 0 Å². The Morgan fingerprint density at radius 2 is 1.89 bits per heavy atom. The van der Waals surface area contributed by atoms with Crippen LogP contribution in [-0.4, -0.2) is 53.4 Å². The summed E-state index contributed by atoms with van der Waals surface area (Å²) in [6.07, 6.45) is 0.937. The Morgan fingerprint density at radius 3 is 2.62 bits per heavy atom. The summed E-state index contributed by atoms with van der Waals surface area (Å²) in [6.45, 7) is 1.32. The first kappa shape index (κ1) is 24.7. The smallest absolute Gasteiger partial charge is 0.418 e. The number of rotatable bonds is 4. The van der Waals surface area contributed by atoms with E-state index in [4.69, 9.17) is 4.74 Å². The number of anilines is 1. The van der Waals surface area contributed by atoms with E-state index in [1.807, 2.05) is 6.92 Å². The summed E-state index contributed by atoms with van der Waals surface area (Å²) in [6, 6.07) is 7.42. The lowest BCUT2D eigenvalue weighted by atomic mass is 9.94. The van der Waals surface area contributed by atoms with Crippen molar-refractivity contribution < 1.29 is 32.7 Å². The highest BCUT2D eigenvalue weighted by molar-refractivity contribution is 6.06. The zero-order valence-electron chi connectivity index (χ0n) is 20.3. The van der Waals surface area contributed by atoms with E-state index >= 15 is 0 Å². The molecule has 0 saturated carbocycles.